The van der Waals surface area contributed by atoms with Crippen molar-refractivity contribution in [1.82, 2.24) is 0 Å². The number of hydrogen-bond donors (Lipinski definition) is 0. The van der Waals surface area contributed by atoms with Crippen LogP contribution in [-0.4, -0.2) is 44.7 Å². The van der Waals surface area contributed by atoms with Crippen molar-refractivity contribution in [1.29, 1.82) is 0 Å². The molecule has 0 unspecified atom stereocenters. The summed E-state index contributed by atoms with van der Waals surface area (Å²) >= 11 is 0. The highest BCUT2D eigenvalue weighted by Crippen LogP contribution is 2.14. The number of likely N-dealkylation sites (N-methyl/N-ethyl adjacent to an activating group) is 1. The molecule has 76 valence electrons. The summed E-state index contributed by atoms with van der Waals surface area (Å²) in [5.74, 6) is -0.172. The van der Waals surface area contributed by atoms with Crippen LogP contribution in [0.15, 0.2) is 11.6 Å². The van der Waals surface area contributed by atoms with Crippen LogP contribution in [0.1, 0.15) is 6.42 Å². The van der Waals surface area contributed by atoms with Gasteiger partial charge in [-0.15, -0.1) is 0 Å². The predicted molar refractivity (Wildman–Crippen MR) is 46.6 cm³/mol. The lowest BCUT2D eigenvalue weighted by atomic mass is 10.1. The van der Waals surface area contributed by atoms with E-state index in [0.717, 1.165) is 29.6 Å². The van der Waals surface area contributed by atoms with Crippen LogP contribution in [0, 0.1) is 0 Å². The van der Waals surface area contributed by atoms with E-state index in [-0.39, 0.29) is 29.9 Å². The van der Waals surface area contributed by atoms with Crippen LogP contribution in [0.4, 0.5) is 0 Å². The molecule has 0 saturated carbocycles. The van der Waals surface area contributed by atoms with Gasteiger partial charge in [0.1, 0.15) is 0 Å². The van der Waals surface area contributed by atoms with Crippen LogP contribution in [0.5, 0.6) is 0 Å². The van der Waals surface area contributed by atoms with E-state index in [1.165, 1.54) is 7.11 Å². The molecular formula is C9H16INO2. The molecule has 0 N–H and O–H groups in total. The fourth-order valence-corrected chi connectivity index (χ4v) is 1.29. The number of ether oxygens (including phenoxy) is 1. The van der Waals surface area contributed by atoms with E-state index in [1.54, 1.807) is 0 Å². The summed E-state index contributed by atoms with van der Waals surface area (Å²) < 4.78 is 5.60. The topological polar surface area (TPSA) is 26.3 Å². The van der Waals surface area contributed by atoms with E-state index in [9.17, 15) is 4.79 Å². The highest BCUT2D eigenvalue weighted by Gasteiger charge is 2.23. The quantitative estimate of drug-likeness (QED) is 0.306. The summed E-state index contributed by atoms with van der Waals surface area (Å²) in [6.45, 7) is 1.94. The Labute approximate surface area is 96.4 Å². The maximum absolute atomic E-state index is 11.1. The second-order valence-electron chi connectivity index (χ2n) is 3.81. The number of carbonyl (C=O) groups is 1. The third kappa shape index (κ3) is 3.64. The van der Waals surface area contributed by atoms with Crippen molar-refractivity contribution in [2.45, 2.75) is 6.42 Å². The minimum Gasteiger partial charge on any atom is -1.00 e. The molecule has 0 aromatic rings. The Bertz CT molecular complexity index is 224. The van der Waals surface area contributed by atoms with Gasteiger partial charge in [-0.25, -0.2) is 4.79 Å². The van der Waals surface area contributed by atoms with Crippen molar-refractivity contribution < 1.29 is 38.0 Å². The largest absolute Gasteiger partial charge is 1.00 e. The minimum absolute atomic E-state index is 0. The SMILES string of the molecule is COC(=O)C1=CC[N+](C)(C)CC1.[I-]. The van der Waals surface area contributed by atoms with Gasteiger partial charge in [0.15, 0.2) is 0 Å². The molecule has 0 aromatic heterocycles. The second kappa shape index (κ2) is 4.95. The standard InChI is InChI=1S/C9H16NO2.HI/c1-10(2)6-4-8(5-7-10)9(11)12-3;/h4H,5-7H2,1-3H3;1H/q+1;/p-1. The fraction of sp³-hybridized carbons (Fsp3) is 0.667. The van der Waals surface area contributed by atoms with Crippen LogP contribution in [0.25, 0.3) is 0 Å². The number of quaternary nitrogens is 1. The first-order valence-corrected chi connectivity index (χ1v) is 4.14. The lowest BCUT2D eigenvalue weighted by Crippen LogP contribution is -3.00. The number of methoxy groups -OCH3 is 1. The number of halogens is 1. The Kier molecular flexibility index (Phi) is 4.91. The first-order chi connectivity index (χ1) is 5.55. The smallest absolute Gasteiger partial charge is 0.333 e. The Balaban J connectivity index is 0.00000144. The lowest BCUT2D eigenvalue weighted by Gasteiger charge is -2.31. The molecule has 0 amide bonds. The maximum atomic E-state index is 11.1. The van der Waals surface area contributed by atoms with Crippen molar-refractivity contribution in [3.8, 4) is 0 Å². The van der Waals surface area contributed by atoms with Crippen LogP contribution in [0.3, 0.4) is 0 Å². The van der Waals surface area contributed by atoms with Crippen LogP contribution in [-0.2, 0) is 9.53 Å². The van der Waals surface area contributed by atoms with Crippen molar-refractivity contribution in [3.63, 3.8) is 0 Å². The van der Waals surface area contributed by atoms with Gasteiger partial charge >= 0.3 is 5.97 Å². The zero-order valence-electron chi connectivity index (χ0n) is 8.34. The van der Waals surface area contributed by atoms with E-state index in [1.807, 2.05) is 6.08 Å². The van der Waals surface area contributed by atoms with Crippen LogP contribution >= 0.6 is 0 Å². The van der Waals surface area contributed by atoms with E-state index < -0.39 is 0 Å². The molecule has 4 heteroatoms. The Hall–Kier alpha value is -0.100. The molecule has 1 aliphatic heterocycles. The van der Waals surface area contributed by atoms with Gasteiger partial charge in [0.05, 0.1) is 34.3 Å². The van der Waals surface area contributed by atoms with Gasteiger partial charge in [-0.05, 0) is 6.08 Å². The summed E-state index contributed by atoms with van der Waals surface area (Å²) in [7, 11) is 5.74. The fourth-order valence-electron chi connectivity index (χ4n) is 1.29. The van der Waals surface area contributed by atoms with Gasteiger partial charge in [0.2, 0.25) is 0 Å². The molecule has 0 saturated heterocycles. The molecule has 0 aromatic carbocycles. The number of hydrogen-bond acceptors (Lipinski definition) is 2. The third-order valence-electron chi connectivity index (χ3n) is 2.27. The number of carbonyl (C=O) groups excluding carboxylic acids is 1. The minimum atomic E-state index is -0.172. The van der Waals surface area contributed by atoms with Crippen molar-refractivity contribution in [2.75, 3.05) is 34.3 Å². The van der Waals surface area contributed by atoms with Crippen LogP contribution in [0.2, 0.25) is 0 Å². The Morgan fingerprint density at radius 3 is 2.54 bits per heavy atom. The van der Waals surface area contributed by atoms with E-state index in [4.69, 9.17) is 0 Å². The lowest BCUT2D eigenvalue weighted by molar-refractivity contribution is -0.885. The Morgan fingerprint density at radius 1 is 1.54 bits per heavy atom. The molecule has 0 spiro atoms. The van der Waals surface area contributed by atoms with Crippen molar-refractivity contribution >= 4 is 5.97 Å². The predicted octanol–water partition coefficient (Wildman–Crippen LogP) is -2.43. The number of esters is 1. The molecule has 1 rings (SSSR count). The van der Waals surface area contributed by atoms with E-state index >= 15 is 0 Å². The van der Waals surface area contributed by atoms with Crippen LogP contribution < -0.4 is 24.0 Å². The van der Waals surface area contributed by atoms with Gasteiger partial charge in [0.25, 0.3) is 0 Å². The molecule has 0 bridgehead atoms. The first-order valence-electron chi connectivity index (χ1n) is 4.14. The molecule has 0 atom stereocenters. The summed E-state index contributed by atoms with van der Waals surface area (Å²) in [5, 5.41) is 0. The van der Waals surface area contributed by atoms with E-state index in [0.29, 0.717) is 0 Å². The van der Waals surface area contributed by atoms with Crippen molar-refractivity contribution in [3.05, 3.63) is 11.6 Å². The molecule has 3 nitrogen and oxygen atoms in total. The molecule has 1 heterocycles. The average molecular weight is 297 g/mol. The first kappa shape index (κ1) is 12.9. The maximum Gasteiger partial charge on any atom is 0.333 e. The zero-order chi connectivity index (χ0) is 9.19. The second-order valence-corrected chi connectivity index (χ2v) is 3.81. The summed E-state index contributed by atoms with van der Waals surface area (Å²) in [6.07, 6.45) is 2.81. The highest BCUT2D eigenvalue weighted by atomic mass is 127. The molecule has 0 aliphatic carbocycles. The van der Waals surface area contributed by atoms with Crippen molar-refractivity contribution in [2.24, 2.45) is 0 Å². The summed E-state index contributed by atoms with van der Waals surface area (Å²) in [4.78, 5) is 11.1. The highest BCUT2D eigenvalue weighted by molar-refractivity contribution is 5.88. The Morgan fingerprint density at radius 2 is 2.15 bits per heavy atom. The summed E-state index contributed by atoms with van der Waals surface area (Å²) in [6, 6.07) is 0. The number of nitrogens with zero attached hydrogens (tertiary/aromatic N) is 1. The molecule has 0 radical (unpaired) electrons. The molecule has 13 heavy (non-hydrogen) atoms. The normalized spacial score (nSPS) is 19.8. The average Bonchev–Trinajstić information content (AvgIpc) is 2.03. The van der Waals surface area contributed by atoms with Gasteiger partial charge in [-0.1, -0.05) is 0 Å². The molecule has 1 aliphatic rings. The third-order valence-corrected chi connectivity index (χ3v) is 2.27. The molecular weight excluding hydrogens is 281 g/mol. The van der Waals surface area contributed by atoms with Gasteiger partial charge in [-0.3, -0.25) is 0 Å². The number of rotatable bonds is 1. The monoisotopic (exact) mass is 297 g/mol. The van der Waals surface area contributed by atoms with Gasteiger partial charge < -0.3 is 33.2 Å². The van der Waals surface area contributed by atoms with Gasteiger partial charge in [-0.2, -0.15) is 0 Å². The molecule has 0 fully saturated rings. The van der Waals surface area contributed by atoms with E-state index in [2.05, 4.69) is 18.8 Å². The van der Waals surface area contributed by atoms with Gasteiger partial charge in [0, 0.05) is 12.0 Å². The summed E-state index contributed by atoms with van der Waals surface area (Å²) in [5.41, 5.74) is 0.829. The zero-order valence-corrected chi connectivity index (χ0v) is 10.5.